The Labute approximate surface area is 182 Å². The number of rotatable bonds is 5. The molecule has 0 aromatic heterocycles. The number of fused-ring (bicyclic) bond motifs is 6. The Kier molecular flexibility index (Phi) is 4.24. The van der Waals surface area contributed by atoms with Crippen molar-refractivity contribution in [1.29, 1.82) is 0 Å². The fraction of sp³-hybridized carbons (Fsp3) is 0.138. The van der Waals surface area contributed by atoms with Crippen LogP contribution in [-0.2, 0) is 9.53 Å². The van der Waals surface area contributed by atoms with Crippen molar-refractivity contribution < 1.29 is 9.53 Å². The van der Waals surface area contributed by atoms with E-state index in [0.29, 0.717) is 6.47 Å². The Morgan fingerprint density at radius 1 is 0.613 bits per heavy atom. The maximum atomic E-state index is 11.6. The number of benzene rings is 4. The second-order valence-corrected chi connectivity index (χ2v) is 8.39. The fourth-order valence-electron chi connectivity index (χ4n) is 5.68. The average molecular weight is 402 g/mol. The SMILES string of the molecule is O=COC(CC1c2ccccc2-c2ccccc21)C1c2ccccc2-c2ccccc21. The second kappa shape index (κ2) is 7.24. The van der Waals surface area contributed by atoms with E-state index in [1.807, 2.05) is 0 Å². The smallest absolute Gasteiger partial charge is 0.293 e. The van der Waals surface area contributed by atoms with E-state index in [1.165, 1.54) is 44.5 Å². The molecule has 0 radical (unpaired) electrons. The molecule has 150 valence electrons. The minimum absolute atomic E-state index is 0.0394. The van der Waals surface area contributed by atoms with Gasteiger partial charge in [-0.2, -0.15) is 0 Å². The molecule has 0 heterocycles. The Balaban J connectivity index is 1.46. The van der Waals surface area contributed by atoms with Gasteiger partial charge in [-0.15, -0.1) is 0 Å². The van der Waals surface area contributed by atoms with Gasteiger partial charge >= 0.3 is 0 Å². The van der Waals surface area contributed by atoms with Crippen molar-refractivity contribution in [2.45, 2.75) is 24.4 Å². The summed E-state index contributed by atoms with van der Waals surface area (Å²) < 4.78 is 5.85. The van der Waals surface area contributed by atoms with Crippen molar-refractivity contribution in [3.8, 4) is 22.3 Å². The normalized spacial score (nSPS) is 15.0. The van der Waals surface area contributed by atoms with Gasteiger partial charge in [0.1, 0.15) is 6.10 Å². The molecule has 0 amide bonds. The van der Waals surface area contributed by atoms with Gasteiger partial charge in [0.25, 0.3) is 6.47 Å². The molecule has 1 atom stereocenters. The summed E-state index contributed by atoms with van der Waals surface area (Å²) in [4.78, 5) is 11.6. The summed E-state index contributed by atoms with van der Waals surface area (Å²) in [5, 5.41) is 0. The predicted molar refractivity (Wildman–Crippen MR) is 123 cm³/mol. The van der Waals surface area contributed by atoms with E-state index < -0.39 is 0 Å². The van der Waals surface area contributed by atoms with Gasteiger partial charge in [-0.1, -0.05) is 97.1 Å². The summed E-state index contributed by atoms with van der Waals surface area (Å²) in [6.45, 7) is 0.626. The van der Waals surface area contributed by atoms with Crippen LogP contribution in [0.5, 0.6) is 0 Å². The van der Waals surface area contributed by atoms with Gasteiger partial charge in [0.2, 0.25) is 0 Å². The highest BCUT2D eigenvalue weighted by Crippen LogP contribution is 2.51. The molecule has 2 aliphatic rings. The molecule has 2 aliphatic carbocycles. The van der Waals surface area contributed by atoms with Crippen molar-refractivity contribution in [3.05, 3.63) is 119 Å². The van der Waals surface area contributed by atoms with E-state index in [2.05, 4.69) is 97.1 Å². The highest BCUT2D eigenvalue weighted by Gasteiger charge is 2.39. The van der Waals surface area contributed by atoms with Gasteiger partial charge < -0.3 is 4.74 Å². The molecule has 0 N–H and O–H groups in total. The molecule has 2 nitrogen and oxygen atoms in total. The number of hydrogen-bond donors (Lipinski definition) is 0. The van der Waals surface area contributed by atoms with Crippen LogP contribution in [0.25, 0.3) is 22.3 Å². The third-order valence-corrected chi connectivity index (χ3v) is 6.91. The minimum Gasteiger partial charge on any atom is -0.464 e. The van der Waals surface area contributed by atoms with Crippen LogP contribution in [0.15, 0.2) is 97.1 Å². The first-order valence-corrected chi connectivity index (χ1v) is 10.8. The van der Waals surface area contributed by atoms with Gasteiger partial charge in [-0.3, -0.25) is 4.79 Å². The van der Waals surface area contributed by atoms with E-state index in [1.54, 1.807) is 0 Å². The summed E-state index contributed by atoms with van der Waals surface area (Å²) in [7, 11) is 0. The topological polar surface area (TPSA) is 26.3 Å². The molecule has 0 fully saturated rings. The van der Waals surface area contributed by atoms with Crippen LogP contribution in [-0.4, -0.2) is 12.6 Å². The maximum absolute atomic E-state index is 11.6. The van der Waals surface area contributed by atoms with Crippen LogP contribution >= 0.6 is 0 Å². The summed E-state index contributed by atoms with van der Waals surface area (Å²) in [6.07, 6.45) is 0.506. The summed E-state index contributed by atoms with van der Waals surface area (Å²) >= 11 is 0. The molecule has 1 unspecified atom stereocenters. The maximum Gasteiger partial charge on any atom is 0.293 e. The molecule has 4 aromatic carbocycles. The molecule has 0 aliphatic heterocycles. The third-order valence-electron chi connectivity index (χ3n) is 6.91. The standard InChI is InChI=1S/C29H22O2/c30-18-31-28(29-25-15-7-5-11-21(25)22-12-6-8-16-26(22)29)17-27-23-13-3-1-9-19(23)20-10-2-4-14-24(20)27/h1-16,18,27-29H,17H2. The average Bonchev–Trinajstić information content (AvgIpc) is 3.32. The first-order chi connectivity index (χ1) is 15.4. The second-order valence-electron chi connectivity index (χ2n) is 8.39. The minimum atomic E-state index is -0.244. The summed E-state index contributed by atoms with van der Waals surface area (Å²) in [5.74, 6) is 0.245. The molecule has 4 aromatic rings. The zero-order chi connectivity index (χ0) is 20.8. The molecular formula is C29H22O2. The molecule has 0 bridgehead atoms. The van der Waals surface area contributed by atoms with Crippen LogP contribution in [0.1, 0.15) is 40.5 Å². The first-order valence-electron chi connectivity index (χ1n) is 10.8. The highest BCUT2D eigenvalue weighted by atomic mass is 16.5. The molecule has 31 heavy (non-hydrogen) atoms. The van der Waals surface area contributed by atoms with E-state index >= 15 is 0 Å². The lowest BCUT2D eigenvalue weighted by Gasteiger charge is -2.27. The van der Waals surface area contributed by atoms with E-state index in [-0.39, 0.29) is 17.9 Å². The number of ether oxygens (including phenoxy) is 1. The van der Waals surface area contributed by atoms with Crippen LogP contribution < -0.4 is 0 Å². The molecule has 0 spiro atoms. The lowest BCUT2D eigenvalue weighted by Crippen LogP contribution is -2.24. The fourth-order valence-corrected chi connectivity index (χ4v) is 5.68. The number of carbonyl (C=O) groups excluding carboxylic acids is 1. The van der Waals surface area contributed by atoms with Gasteiger partial charge in [0.15, 0.2) is 0 Å². The van der Waals surface area contributed by atoms with Crippen molar-refractivity contribution in [2.75, 3.05) is 0 Å². The number of carbonyl (C=O) groups is 1. The third kappa shape index (κ3) is 2.75. The molecular weight excluding hydrogens is 380 g/mol. The Morgan fingerprint density at radius 2 is 1.00 bits per heavy atom. The van der Waals surface area contributed by atoms with Gasteiger partial charge in [0.05, 0.1) is 0 Å². The largest absolute Gasteiger partial charge is 0.464 e. The van der Waals surface area contributed by atoms with Crippen LogP contribution in [0.3, 0.4) is 0 Å². The number of hydrogen-bond acceptors (Lipinski definition) is 2. The molecule has 6 rings (SSSR count). The van der Waals surface area contributed by atoms with Gasteiger partial charge in [-0.05, 0) is 50.9 Å². The molecule has 2 heteroatoms. The zero-order valence-electron chi connectivity index (χ0n) is 17.1. The molecule has 0 saturated carbocycles. The zero-order valence-corrected chi connectivity index (χ0v) is 17.1. The van der Waals surface area contributed by atoms with Gasteiger partial charge in [0, 0.05) is 11.8 Å². The van der Waals surface area contributed by atoms with Crippen molar-refractivity contribution in [3.63, 3.8) is 0 Å². The van der Waals surface area contributed by atoms with Gasteiger partial charge in [-0.25, -0.2) is 0 Å². The highest BCUT2D eigenvalue weighted by molar-refractivity contribution is 5.80. The summed E-state index contributed by atoms with van der Waals surface area (Å²) in [6, 6.07) is 34.3. The van der Waals surface area contributed by atoms with Crippen molar-refractivity contribution in [1.82, 2.24) is 0 Å². The van der Waals surface area contributed by atoms with Crippen molar-refractivity contribution in [2.24, 2.45) is 0 Å². The summed E-state index contributed by atoms with van der Waals surface area (Å²) in [5.41, 5.74) is 10.2. The lowest BCUT2D eigenvalue weighted by molar-refractivity contribution is -0.134. The Morgan fingerprint density at radius 3 is 1.45 bits per heavy atom. The van der Waals surface area contributed by atoms with Crippen molar-refractivity contribution >= 4 is 6.47 Å². The predicted octanol–water partition coefficient (Wildman–Crippen LogP) is 6.54. The Hall–Kier alpha value is -3.65. The van der Waals surface area contributed by atoms with E-state index in [9.17, 15) is 4.79 Å². The quantitative estimate of drug-likeness (QED) is 0.354. The van der Waals surface area contributed by atoms with E-state index in [4.69, 9.17) is 4.74 Å². The molecule has 0 saturated heterocycles. The Bertz CT molecular complexity index is 1200. The first kappa shape index (κ1) is 18.1. The van der Waals surface area contributed by atoms with Crippen LogP contribution in [0, 0.1) is 0 Å². The lowest BCUT2D eigenvalue weighted by atomic mass is 9.83. The van der Waals surface area contributed by atoms with E-state index in [0.717, 1.165) is 6.42 Å². The monoisotopic (exact) mass is 402 g/mol. The van der Waals surface area contributed by atoms with Crippen LogP contribution in [0.2, 0.25) is 0 Å². The van der Waals surface area contributed by atoms with Crippen LogP contribution in [0.4, 0.5) is 0 Å².